The third-order valence-corrected chi connectivity index (χ3v) is 3.40. The molecule has 0 fully saturated rings. The van der Waals surface area contributed by atoms with Gasteiger partial charge in [-0.1, -0.05) is 37.3 Å². The summed E-state index contributed by atoms with van der Waals surface area (Å²) in [5.41, 5.74) is 1.10. The molecule has 0 saturated carbocycles. The number of rotatable bonds is 9. The van der Waals surface area contributed by atoms with E-state index < -0.39 is 5.97 Å². The van der Waals surface area contributed by atoms with E-state index in [4.69, 9.17) is 14.2 Å². The maximum atomic E-state index is 11.3. The predicted octanol–water partition coefficient (Wildman–Crippen LogP) is 2.56. The highest BCUT2D eigenvalue weighted by Crippen LogP contribution is 2.19. The molecular weight excluding hydrogens is 284 g/mol. The summed E-state index contributed by atoms with van der Waals surface area (Å²) in [5.74, 6) is -0.0874. The molecule has 0 aliphatic carbocycles. The first-order valence-electron chi connectivity index (χ1n) is 7.10. The Kier molecular flexibility index (Phi) is 8.25. The number of hydrogen-bond donors (Lipinski definition) is 0. The lowest BCUT2D eigenvalue weighted by Gasteiger charge is -2.24. The van der Waals surface area contributed by atoms with Crippen molar-refractivity contribution in [3.05, 3.63) is 47.7 Å². The molecule has 0 spiro atoms. The van der Waals surface area contributed by atoms with Gasteiger partial charge in [0, 0.05) is 13.0 Å². The summed E-state index contributed by atoms with van der Waals surface area (Å²) < 4.78 is 21.0. The van der Waals surface area contributed by atoms with Crippen LogP contribution in [0.1, 0.15) is 12.5 Å². The Morgan fingerprint density at radius 1 is 1.14 bits per heavy atom. The van der Waals surface area contributed by atoms with Crippen molar-refractivity contribution >= 4 is 5.97 Å². The first-order chi connectivity index (χ1) is 10.6. The normalized spacial score (nSPS) is 14.3. The molecule has 0 aromatic heterocycles. The van der Waals surface area contributed by atoms with Gasteiger partial charge in [-0.15, -0.1) is 0 Å². The Morgan fingerprint density at radius 3 is 2.36 bits per heavy atom. The third kappa shape index (κ3) is 5.87. The Morgan fingerprint density at radius 2 is 1.82 bits per heavy atom. The van der Waals surface area contributed by atoms with Crippen molar-refractivity contribution in [1.82, 2.24) is 0 Å². The van der Waals surface area contributed by atoms with Crippen molar-refractivity contribution in [3.8, 4) is 0 Å². The quantitative estimate of drug-likeness (QED) is 0.399. The van der Waals surface area contributed by atoms with Gasteiger partial charge < -0.3 is 18.9 Å². The van der Waals surface area contributed by atoms with Gasteiger partial charge in [-0.2, -0.15) is 0 Å². The van der Waals surface area contributed by atoms with E-state index in [1.54, 1.807) is 7.11 Å². The first kappa shape index (κ1) is 18.2. The number of carbonyl (C=O) groups is 1. The molecule has 22 heavy (non-hydrogen) atoms. The van der Waals surface area contributed by atoms with E-state index in [0.29, 0.717) is 19.0 Å². The highest BCUT2D eigenvalue weighted by molar-refractivity contribution is 5.82. The highest BCUT2D eigenvalue weighted by atomic mass is 16.5. The second-order valence-corrected chi connectivity index (χ2v) is 4.84. The summed E-state index contributed by atoms with van der Waals surface area (Å²) in [6.07, 6.45) is 1.10. The summed E-state index contributed by atoms with van der Waals surface area (Å²) in [4.78, 5) is 11.3. The zero-order valence-corrected chi connectivity index (χ0v) is 13.6. The van der Waals surface area contributed by atoms with Crippen molar-refractivity contribution in [1.29, 1.82) is 0 Å². The average Bonchev–Trinajstić information content (AvgIpc) is 2.56. The van der Waals surface area contributed by atoms with Gasteiger partial charge in [0.15, 0.2) is 0 Å². The minimum Gasteiger partial charge on any atom is -0.500 e. The van der Waals surface area contributed by atoms with Gasteiger partial charge in [0.2, 0.25) is 0 Å². The number of hydrogen-bond acceptors (Lipinski definition) is 5. The van der Waals surface area contributed by atoms with Gasteiger partial charge in [0.25, 0.3) is 0 Å². The maximum absolute atomic E-state index is 11.3. The molecule has 122 valence electrons. The summed E-state index contributed by atoms with van der Waals surface area (Å²) in [6.45, 7) is 2.82. The van der Waals surface area contributed by atoms with E-state index in [9.17, 15) is 4.79 Å². The topological polar surface area (TPSA) is 54.0 Å². The highest BCUT2D eigenvalue weighted by Gasteiger charge is 2.23. The summed E-state index contributed by atoms with van der Waals surface area (Å²) in [6, 6.07) is 9.91. The predicted molar refractivity (Wildman–Crippen MR) is 83.2 cm³/mol. The van der Waals surface area contributed by atoms with Gasteiger partial charge in [-0.05, 0) is 5.56 Å². The van der Waals surface area contributed by atoms with Crippen LogP contribution in [-0.2, 0) is 30.3 Å². The molecule has 0 heterocycles. The van der Waals surface area contributed by atoms with Crippen LogP contribution in [-0.4, -0.2) is 40.0 Å². The molecule has 0 saturated heterocycles. The van der Waals surface area contributed by atoms with Crippen LogP contribution in [0.4, 0.5) is 0 Å². The zero-order chi connectivity index (χ0) is 16.4. The molecular formula is C17H24O5. The van der Waals surface area contributed by atoms with Crippen molar-refractivity contribution in [2.45, 2.75) is 19.6 Å². The number of benzene rings is 1. The Hall–Kier alpha value is -1.85. The van der Waals surface area contributed by atoms with Crippen LogP contribution in [0.25, 0.3) is 0 Å². The number of esters is 1. The molecule has 5 heteroatoms. The SMILES string of the molecule is COC(=O)C=C(OC)C(C)C(COCc1ccccc1)OC. The third-order valence-electron chi connectivity index (χ3n) is 3.40. The fourth-order valence-electron chi connectivity index (χ4n) is 2.02. The van der Waals surface area contributed by atoms with Crippen LogP contribution in [0.2, 0.25) is 0 Å². The lowest BCUT2D eigenvalue weighted by molar-refractivity contribution is -0.135. The van der Waals surface area contributed by atoms with E-state index in [2.05, 4.69) is 4.74 Å². The second-order valence-electron chi connectivity index (χ2n) is 4.84. The van der Waals surface area contributed by atoms with Crippen LogP contribution in [0.15, 0.2) is 42.2 Å². The van der Waals surface area contributed by atoms with Crippen molar-refractivity contribution in [3.63, 3.8) is 0 Å². The zero-order valence-electron chi connectivity index (χ0n) is 13.6. The van der Waals surface area contributed by atoms with Gasteiger partial charge in [0.05, 0.1) is 39.6 Å². The molecule has 5 nitrogen and oxygen atoms in total. The molecule has 1 aromatic carbocycles. The van der Waals surface area contributed by atoms with Gasteiger partial charge in [-0.25, -0.2) is 4.79 Å². The lowest BCUT2D eigenvalue weighted by atomic mass is 10.0. The van der Waals surface area contributed by atoms with Gasteiger partial charge in [-0.3, -0.25) is 0 Å². The smallest absolute Gasteiger partial charge is 0.333 e. The minimum atomic E-state index is -0.455. The van der Waals surface area contributed by atoms with Crippen LogP contribution in [0.3, 0.4) is 0 Å². The Labute approximate surface area is 131 Å². The minimum absolute atomic E-state index is 0.134. The molecule has 0 amide bonds. The largest absolute Gasteiger partial charge is 0.500 e. The van der Waals surface area contributed by atoms with E-state index >= 15 is 0 Å². The number of methoxy groups -OCH3 is 3. The van der Waals surface area contributed by atoms with Gasteiger partial charge in [0.1, 0.15) is 5.76 Å². The molecule has 2 atom stereocenters. The second kappa shape index (κ2) is 9.97. The van der Waals surface area contributed by atoms with E-state index in [0.717, 1.165) is 5.56 Å². The molecule has 0 N–H and O–H groups in total. The average molecular weight is 308 g/mol. The van der Waals surface area contributed by atoms with Crippen LogP contribution in [0, 0.1) is 5.92 Å². The monoisotopic (exact) mass is 308 g/mol. The van der Waals surface area contributed by atoms with Gasteiger partial charge >= 0.3 is 5.97 Å². The summed E-state index contributed by atoms with van der Waals surface area (Å²) >= 11 is 0. The fraction of sp³-hybridized carbons (Fsp3) is 0.471. The van der Waals surface area contributed by atoms with Crippen molar-refractivity contribution in [2.24, 2.45) is 5.92 Å². The Bertz CT molecular complexity index is 469. The van der Waals surface area contributed by atoms with Crippen LogP contribution < -0.4 is 0 Å². The van der Waals surface area contributed by atoms with E-state index in [-0.39, 0.29) is 12.0 Å². The molecule has 1 aromatic rings. The van der Waals surface area contributed by atoms with Crippen LogP contribution in [0.5, 0.6) is 0 Å². The lowest BCUT2D eigenvalue weighted by Crippen LogP contribution is -2.28. The molecule has 1 rings (SSSR count). The van der Waals surface area contributed by atoms with Crippen molar-refractivity contribution < 1.29 is 23.7 Å². The summed E-state index contributed by atoms with van der Waals surface area (Å²) in [7, 11) is 4.45. The summed E-state index contributed by atoms with van der Waals surface area (Å²) in [5, 5.41) is 0. The molecule has 0 bridgehead atoms. The molecule has 2 unspecified atom stereocenters. The van der Waals surface area contributed by atoms with E-state index in [1.165, 1.54) is 20.3 Å². The van der Waals surface area contributed by atoms with Crippen LogP contribution >= 0.6 is 0 Å². The maximum Gasteiger partial charge on any atom is 0.333 e. The number of ether oxygens (including phenoxy) is 4. The molecule has 0 aliphatic heterocycles. The standard InChI is InChI=1S/C17H24O5/c1-13(15(19-2)10-17(18)21-4)16(20-3)12-22-11-14-8-6-5-7-9-14/h5-10,13,16H,11-12H2,1-4H3. The molecule has 0 radical (unpaired) electrons. The Balaban J connectivity index is 2.58. The first-order valence-corrected chi connectivity index (χ1v) is 7.10. The fourth-order valence-corrected chi connectivity index (χ4v) is 2.02. The number of carbonyl (C=O) groups excluding carboxylic acids is 1. The van der Waals surface area contributed by atoms with Crippen molar-refractivity contribution in [2.75, 3.05) is 27.9 Å². The van der Waals surface area contributed by atoms with E-state index in [1.807, 2.05) is 37.3 Å². The molecule has 0 aliphatic rings.